The van der Waals surface area contributed by atoms with Crippen LogP contribution in [0.3, 0.4) is 0 Å². The Labute approximate surface area is 172 Å². The molecule has 0 saturated heterocycles. The number of benzene rings is 2. The summed E-state index contributed by atoms with van der Waals surface area (Å²) in [7, 11) is -5.52. The summed E-state index contributed by atoms with van der Waals surface area (Å²) in [5, 5.41) is 3.67. The molecular formula is C18H11ClF3N3O2S2. The fourth-order valence-electron chi connectivity index (χ4n) is 2.71. The topological polar surface area (TPSA) is 74.8 Å². The van der Waals surface area contributed by atoms with Gasteiger partial charge in [0.15, 0.2) is 0 Å². The monoisotopic (exact) mass is 457 g/mol. The Hall–Kier alpha value is -2.56. The number of aromatic amines is 1. The molecule has 0 saturated carbocycles. The molecule has 0 bridgehead atoms. The highest BCUT2D eigenvalue weighted by Gasteiger charge is 2.46. The zero-order chi connectivity index (χ0) is 20.8. The van der Waals surface area contributed by atoms with E-state index in [1.54, 1.807) is 5.38 Å². The number of hydrogen-bond donors (Lipinski definition) is 2. The van der Waals surface area contributed by atoms with Crippen LogP contribution in [0.4, 0.5) is 18.9 Å². The van der Waals surface area contributed by atoms with Gasteiger partial charge < -0.3 is 4.98 Å². The van der Waals surface area contributed by atoms with Gasteiger partial charge in [0.1, 0.15) is 5.01 Å². The first kappa shape index (κ1) is 19.7. The summed E-state index contributed by atoms with van der Waals surface area (Å²) in [4.78, 5) is 7.68. The zero-order valence-electron chi connectivity index (χ0n) is 14.3. The first-order valence-electron chi connectivity index (χ1n) is 8.06. The molecule has 2 heterocycles. The van der Waals surface area contributed by atoms with E-state index in [1.807, 2.05) is 30.5 Å². The van der Waals surface area contributed by atoms with Gasteiger partial charge in [0.2, 0.25) is 0 Å². The predicted molar refractivity (Wildman–Crippen MR) is 108 cm³/mol. The largest absolute Gasteiger partial charge is 0.516 e. The molecule has 0 spiro atoms. The van der Waals surface area contributed by atoms with Gasteiger partial charge in [-0.15, -0.1) is 11.3 Å². The summed E-state index contributed by atoms with van der Waals surface area (Å²) in [6.45, 7) is 0. The molecule has 5 nitrogen and oxygen atoms in total. The van der Waals surface area contributed by atoms with Crippen molar-refractivity contribution in [3.63, 3.8) is 0 Å². The fraction of sp³-hybridized carbons (Fsp3) is 0.0556. The molecule has 0 amide bonds. The number of anilines is 1. The van der Waals surface area contributed by atoms with Crippen molar-refractivity contribution < 1.29 is 21.6 Å². The first-order chi connectivity index (χ1) is 13.6. The fourth-order valence-corrected chi connectivity index (χ4v) is 4.36. The van der Waals surface area contributed by atoms with Crippen LogP contribution in [0.1, 0.15) is 0 Å². The Bertz CT molecular complexity index is 1310. The number of hydrogen-bond acceptors (Lipinski definition) is 4. The number of fused-ring (bicyclic) bond motifs is 1. The highest BCUT2D eigenvalue weighted by Crippen LogP contribution is 2.35. The van der Waals surface area contributed by atoms with E-state index in [0.717, 1.165) is 27.5 Å². The van der Waals surface area contributed by atoms with E-state index in [9.17, 15) is 21.6 Å². The first-order valence-corrected chi connectivity index (χ1v) is 10.8. The molecular weight excluding hydrogens is 447 g/mol. The van der Waals surface area contributed by atoms with Crippen molar-refractivity contribution in [2.45, 2.75) is 5.51 Å². The van der Waals surface area contributed by atoms with Gasteiger partial charge >= 0.3 is 15.5 Å². The number of thiazole rings is 1. The van der Waals surface area contributed by atoms with Crippen molar-refractivity contribution in [1.29, 1.82) is 0 Å². The molecule has 0 radical (unpaired) electrons. The van der Waals surface area contributed by atoms with Gasteiger partial charge in [-0.3, -0.25) is 4.72 Å². The van der Waals surface area contributed by atoms with E-state index in [0.29, 0.717) is 11.3 Å². The highest BCUT2D eigenvalue weighted by molar-refractivity contribution is 7.93. The minimum absolute atomic E-state index is 0.0732. The number of H-pyrrole nitrogens is 1. The van der Waals surface area contributed by atoms with Crippen molar-refractivity contribution >= 4 is 49.6 Å². The summed E-state index contributed by atoms with van der Waals surface area (Å²) in [6, 6.07) is 11.6. The van der Waals surface area contributed by atoms with Gasteiger partial charge in [0.25, 0.3) is 0 Å². The molecule has 4 rings (SSSR count). The second kappa shape index (κ2) is 7.05. The summed E-state index contributed by atoms with van der Waals surface area (Å²) in [6.07, 6.45) is 1.84. The molecule has 0 atom stereocenters. The second-order valence-corrected chi connectivity index (χ2v) is 9.00. The molecule has 0 fully saturated rings. The Morgan fingerprint density at radius 1 is 1.10 bits per heavy atom. The molecule has 4 aromatic rings. The van der Waals surface area contributed by atoms with Crippen LogP contribution in [0.2, 0.25) is 5.02 Å². The zero-order valence-corrected chi connectivity index (χ0v) is 16.7. The Morgan fingerprint density at radius 3 is 2.62 bits per heavy atom. The smallest absolute Gasteiger partial charge is 0.361 e. The van der Waals surface area contributed by atoms with E-state index in [4.69, 9.17) is 11.6 Å². The van der Waals surface area contributed by atoms with Gasteiger partial charge in [-0.25, -0.2) is 4.98 Å². The van der Waals surface area contributed by atoms with Crippen LogP contribution in [0.25, 0.3) is 32.7 Å². The van der Waals surface area contributed by atoms with Gasteiger partial charge in [-0.1, -0.05) is 23.7 Å². The summed E-state index contributed by atoms with van der Waals surface area (Å²) >= 11 is 7.56. The van der Waals surface area contributed by atoms with Crippen LogP contribution in [-0.4, -0.2) is 23.9 Å². The maximum absolute atomic E-state index is 12.5. The third-order valence-electron chi connectivity index (χ3n) is 4.11. The van der Waals surface area contributed by atoms with Gasteiger partial charge in [0.05, 0.1) is 16.4 Å². The maximum Gasteiger partial charge on any atom is 0.516 e. The van der Waals surface area contributed by atoms with Crippen LogP contribution in [0, 0.1) is 0 Å². The van der Waals surface area contributed by atoms with E-state index in [2.05, 4.69) is 9.97 Å². The van der Waals surface area contributed by atoms with Crippen molar-refractivity contribution in [2.75, 3.05) is 4.72 Å². The molecule has 0 aliphatic heterocycles. The molecule has 0 unspecified atom stereocenters. The van der Waals surface area contributed by atoms with Crippen LogP contribution in [0.5, 0.6) is 0 Å². The molecule has 29 heavy (non-hydrogen) atoms. The van der Waals surface area contributed by atoms with E-state index >= 15 is 0 Å². The Balaban J connectivity index is 1.62. The number of nitrogens with zero attached hydrogens (tertiary/aromatic N) is 1. The van der Waals surface area contributed by atoms with Crippen molar-refractivity contribution in [1.82, 2.24) is 9.97 Å². The quantitative estimate of drug-likeness (QED) is 0.402. The minimum Gasteiger partial charge on any atom is -0.361 e. The van der Waals surface area contributed by atoms with Gasteiger partial charge in [-0.2, -0.15) is 21.6 Å². The second-order valence-electron chi connectivity index (χ2n) is 6.06. The maximum atomic E-state index is 12.5. The lowest BCUT2D eigenvalue weighted by Gasteiger charge is -2.11. The number of nitrogens with one attached hydrogen (secondary N) is 2. The lowest BCUT2D eigenvalue weighted by Crippen LogP contribution is -2.29. The van der Waals surface area contributed by atoms with Gasteiger partial charge in [-0.05, 0) is 35.7 Å². The molecule has 150 valence electrons. The lowest BCUT2D eigenvalue weighted by atomic mass is 10.1. The number of halogens is 4. The molecule has 0 aliphatic rings. The van der Waals surface area contributed by atoms with E-state index < -0.39 is 15.5 Å². The number of alkyl halides is 3. The predicted octanol–water partition coefficient (Wildman–Crippen LogP) is 5.87. The molecule has 2 N–H and O–H groups in total. The van der Waals surface area contributed by atoms with Crippen LogP contribution in [-0.2, 0) is 10.0 Å². The third kappa shape index (κ3) is 3.83. The highest BCUT2D eigenvalue weighted by atomic mass is 35.5. The summed E-state index contributed by atoms with van der Waals surface area (Å²) in [5.41, 5.74) is -2.82. The Morgan fingerprint density at radius 2 is 1.90 bits per heavy atom. The standard InChI is InChI=1S/C18H11ClF3N3O2S2/c19-14-8-12(25-29(26,27)18(20,21)22)3-4-13(14)16-9-28-17(24-16)11-2-1-10-5-6-23-15(10)7-11/h1-9,23,25H. The number of sulfonamides is 1. The van der Waals surface area contributed by atoms with Crippen LogP contribution < -0.4 is 4.72 Å². The van der Waals surface area contributed by atoms with Crippen molar-refractivity contribution in [3.05, 3.63) is 59.1 Å². The number of aromatic nitrogens is 2. The average molecular weight is 458 g/mol. The molecule has 0 aliphatic carbocycles. The van der Waals surface area contributed by atoms with Crippen molar-refractivity contribution in [3.8, 4) is 21.8 Å². The molecule has 2 aromatic heterocycles. The van der Waals surface area contributed by atoms with Crippen LogP contribution >= 0.6 is 22.9 Å². The van der Waals surface area contributed by atoms with Crippen LogP contribution in [0.15, 0.2) is 54.0 Å². The minimum atomic E-state index is -5.52. The average Bonchev–Trinajstić information content (AvgIpc) is 3.29. The normalized spacial score (nSPS) is 12.4. The third-order valence-corrected chi connectivity index (χ3v) is 6.43. The molecule has 2 aromatic carbocycles. The summed E-state index contributed by atoms with van der Waals surface area (Å²) in [5.74, 6) is 0. The Kier molecular flexibility index (Phi) is 4.80. The number of rotatable bonds is 4. The van der Waals surface area contributed by atoms with Crippen molar-refractivity contribution in [2.24, 2.45) is 0 Å². The van der Waals surface area contributed by atoms with E-state index in [1.165, 1.54) is 28.2 Å². The van der Waals surface area contributed by atoms with Gasteiger partial charge in [0, 0.05) is 28.2 Å². The lowest BCUT2D eigenvalue weighted by molar-refractivity contribution is -0.0429. The summed E-state index contributed by atoms with van der Waals surface area (Å²) < 4.78 is 61.5. The van der Waals surface area contributed by atoms with E-state index in [-0.39, 0.29) is 10.7 Å². The molecule has 11 heteroatoms. The SMILES string of the molecule is O=S(=O)(Nc1ccc(-c2csc(-c3ccc4cc[nH]c4c3)n2)c(Cl)c1)C(F)(F)F.